The molecule has 0 rings (SSSR count). The molecule has 0 heterocycles. The van der Waals surface area contributed by atoms with Gasteiger partial charge in [-0.2, -0.15) is 0 Å². The summed E-state index contributed by atoms with van der Waals surface area (Å²) in [7, 11) is 0. The summed E-state index contributed by atoms with van der Waals surface area (Å²) in [4.78, 5) is 23.3. The van der Waals surface area contributed by atoms with Crippen molar-refractivity contribution < 1.29 is 9.59 Å². The molecule has 0 aliphatic heterocycles. The lowest BCUT2D eigenvalue weighted by molar-refractivity contribution is -0.129. The van der Waals surface area contributed by atoms with Crippen molar-refractivity contribution in [2.45, 2.75) is 52.6 Å². The molecule has 0 aromatic heterocycles. The van der Waals surface area contributed by atoms with E-state index in [1.165, 1.54) is 0 Å². The number of nitrogens with two attached hydrogens (primary N) is 1. The van der Waals surface area contributed by atoms with Crippen LogP contribution in [0.5, 0.6) is 0 Å². The zero-order valence-electron chi connectivity index (χ0n) is 11.2. The molecule has 0 aliphatic carbocycles. The van der Waals surface area contributed by atoms with E-state index in [9.17, 15) is 9.59 Å². The van der Waals surface area contributed by atoms with Crippen LogP contribution in [0.15, 0.2) is 0 Å². The van der Waals surface area contributed by atoms with Crippen LogP contribution in [-0.4, -0.2) is 30.4 Å². The van der Waals surface area contributed by atoms with Gasteiger partial charge in [0.2, 0.25) is 11.8 Å². The largest absolute Gasteiger partial charge is 0.355 e. The fourth-order valence-corrected chi connectivity index (χ4v) is 1.54. The Kier molecular flexibility index (Phi) is 7.54. The van der Waals surface area contributed by atoms with Gasteiger partial charge in [0.05, 0.1) is 6.04 Å². The van der Waals surface area contributed by atoms with Gasteiger partial charge in [-0.1, -0.05) is 20.8 Å². The number of hydrogen-bond donors (Lipinski definition) is 3. The predicted octanol–water partition coefficient (Wildman–Crippen LogP) is 0.391. The Morgan fingerprint density at radius 1 is 1.18 bits per heavy atom. The number of amides is 2. The molecule has 17 heavy (non-hydrogen) atoms. The average Bonchev–Trinajstić information content (AvgIpc) is 2.24. The number of carbonyl (C=O) groups is 2. The van der Waals surface area contributed by atoms with Crippen LogP contribution in [0.1, 0.15) is 40.5 Å². The van der Waals surface area contributed by atoms with Gasteiger partial charge in [0, 0.05) is 6.54 Å². The number of nitrogens with one attached hydrogen (secondary N) is 2. The van der Waals surface area contributed by atoms with E-state index in [1.54, 1.807) is 0 Å². The maximum Gasteiger partial charge on any atom is 0.242 e. The van der Waals surface area contributed by atoms with E-state index in [-0.39, 0.29) is 11.8 Å². The van der Waals surface area contributed by atoms with E-state index >= 15 is 0 Å². The van der Waals surface area contributed by atoms with Crippen molar-refractivity contribution in [3.8, 4) is 0 Å². The van der Waals surface area contributed by atoms with Gasteiger partial charge in [-0.3, -0.25) is 9.59 Å². The molecule has 0 spiro atoms. The van der Waals surface area contributed by atoms with Gasteiger partial charge in [-0.25, -0.2) is 0 Å². The van der Waals surface area contributed by atoms with Crippen molar-refractivity contribution in [2.75, 3.05) is 6.54 Å². The van der Waals surface area contributed by atoms with Crippen molar-refractivity contribution in [1.82, 2.24) is 10.6 Å². The van der Waals surface area contributed by atoms with Gasteiger partial charge in [-0.15, -0.1) is 0 Å². The fraction of sp³-hybridized carbons (Fsp3) is 0.833. The second-order valence-corrected chi connectivity index (χ2v) is 4.60. The molecule has 0 unspecified atom stereocenters. The fourth-order valence-electron chi connectivity index (χ4n) is 1.54. The molecule has 4 N–H and O–H groups in total. The van der Waals surface area contributed by atoms with Crippen LogP contribution in [0.2, 0.25) is 0 Å². The van der Waals surface area contributed by atoms with Crippen LogP contribution in [-0.2, 0) is 9.59 Å². The van der Waals surface area contributed by atoms with Crippen LogP contribution >= 0.6 is 0 Å². The van der Waals surface area contributed by atoms with Crippen molar-refractivity contribution in [1.29, 1.82) is 0 Å². The molecule has 2 atom stereocenters. The zero-order valence-corrected chi connectivity index (χ0v) is 11.2. The summed E-state index contributed by atoms with van der Waals surface area (Å²) < 4.78 is 0. The van der Waals surface area contributed by atoms with Gasteiger partial charge >= 0.3 is 0 Å². The third-order valence-corrected chi connectivity index (χ3v) is 2.45. The molecule has 0 fully saturated rings. The quantitative estimate of drug-likeness (QED) is 0.605. The molecule has 5 heteroatoms. The molecule has 100 valence electrons. The smallest absolute Gasteiger partial charge is 0.242 e. The maximum atomic E-state index is 11.7. The highest BCUT2D eigenvalue weighted by Crippen LogP contribution is 2.03. The maximum absolute atomic E-state index is 11.7. The minimum Gasteiger partial charge on any atom is -0.355 e. The molecule has 5 nitrogen and oxygen atoms in total. The van der Waals surface area contributed by atoms with Crippen LogP contribution in [0.25, 0.3) is 0 Å². The van der Waals surface area contributed by atoms with E-state index in [1.807, 2.05) is 27.7 Å². The molecule has 0 aromatic rings. The van der Waals surface area contributed by atoms with Gasteiger partial charge in [0.15, 0.2) is 0 Å². The Bertz CT molecular complexity index is 254. The Balaban J connectivity index is 4.27. The summed E-state index contributed by atoms with van der Waals surface area (Å²) >= 11 is 0. The number of rotatable bonds is 7. The standard InChI is InChI=1S/C12H25N3O2/c1-5-10(12(17)14-6-2)15-11(16)9(13)7-8(3)4/h8-10H,5-7,13H2,1-4H3,(H,14,17)(H,15,16)/t9-,10-/m0/s1. The van der Waals surface area contributed by atoms with E-state index < -0.39 is 12.1 Å². The minimum absolute atomic E-state index is 0.153. The van der Waals surface area contributed by atoms with Gasteiger partial charge in [0.25, 0.3) is 0 Å². The SMILES string of the molecule is CCNC(=O)[C@H](CC)NC(=O)[C@@H](N)CC(C)C. The monoisotopic (exact) mass is 243 g/mol. The van der Waals surface area contributed by atoms with Crippen molar-refractivity contribution in [2.24, 2.45) is 11.7 Å². The van der Waals surface area contributed by atoms with E-state index in [0.29, 0.717) is 25.3 Å². The molecular formula is C12H25N3O2. The number of carbonyl (C=O) groups excluding carboxylic acids is 2. The summed E-state index contributed by atoms with van der Waals surface area (Å²) in [5.74, 6) is -0.0443. The van der Waals surface area contributed by atoms with Gasteiger partial charge in [-0.05, 0) is 25.7 Å². The van der Waals surface area contributed by atoms with Crippen LogP contribution < -0.4 is 16.4 Å². The predicted molar refractivity (Wildman–Crippen MR) is 68.3 cm³/mol. The van der Waals surface area contributed by atoms with Crippen LogP contribution in [0.3, 0.4) is 0 Å². The van der Waals surface area contributed by atoms with Crippen LogP contribution in [0.4, 0.5) is 0 Å². The topological polar surface area (TPSA) is 84.2 Å². The molecule has 0 radical (unpaired) electrons. The number of likely N-dealkylation sites (N-methyl/N-ethyl adjacent to an activating group) is 1. The highest BCUT2D eigenvalue weighted by molar-refractivity contribution is 5.89. The highest BCUT2D eigenvalue weighted by atomic mass is 16.2. The van der Waals surface area contributed by atoms with Crippen molar-refractivity contribution in [3.63, 3.8) is 0 Å². The van der Waals surface area contributed by atoms with Gasteiger partial charge in [0.1, 0.15) is 6.04 Å². The van der Waals surface area contributed by atoms with E-state index in [4.69, 9.17) is 5.73 Å². The van der Waals surface area contributed by atoms with Crippen molar-refractivity contribution >= 4 is 11.8 Å². The minimum atomic E-state index is -0.543. The first-order chi connectivity index (χ1) is 7.92. The Morgan fingerprint density at radius 2 is 1.76 bits per heavy atom. The first-order valence-electron chi connectivity index (χ1n) is 6.25. The third-order valence-electron chi connectivity index (χ3n) is 2.45. The molecule has 0 bridgehead atoms. The molecule has 2 amide bonds. The number of hydrogen-bond acceptors (Lipinski definition) is 3. The molecule has 0 saturated heterocycles. The lowest BCUT2D eigenvalue weighted by Gasteiger charge is -2.19. The summed E-state index contributed by atoms with van der Waals surface area (Å²) in [6.45, 7) is 8.27. The summed E-state index contributed by atoms with van der Waals surface area (Å²) in [5, 5.41) is 5.37. The van der Waals surface area contributed by atoms with Crippen molar-refractivity contribution in [3.05, 3.63) is 0 Å². The normalized spacial score (nSPS) is 14.2. The van der Waals surface area contributed by atoms with Gasteiger partial charge < -0.3 is 16.4 Å². The molecule has 0 aliphatic rings. The second kappa shape index (κ2) is 8.06. The molecule has 0 aromatic carbocycles. The van der Waals surface area contributed by atoms with E-state index in [0.717, 1.165) is 0 Å². The Morgan fingerprint density at radius 3 is 2.18 bits per heavy atom. The first kappa shape index (κ1) is 15.9. The lowest BCUT2D eigenvalue weighted by atomic mass is 10.0. The van der Waals surface area contributed by atoms with Crippen LogP contribution in [0, 0.1) is 5.92 Å². The molecule has 0 saturated carbocycles. The second-order valence-electron chi connectivity index (χ2n) is 4.60. The molecular weight excluding hydrogens is 218 g/mol. The first-order valence-corrected chi connectivity index (χ1v) is 6.25. The summed E-state index contributed by atoms with van der Waals surface area (Å²) in [6.07, 6.45) is 1.18. The summed E-state index contributed by atoms with van der Waals surface area (Å²) in [5.41, 5.74) is 5.75. The highest BCUT2D eigenvalue weighted by Gasteiger charge is 2.22. The Hall–Kier alpha value is -1.10. The summed E-state index contributed by atoms with van der Waals surface area (Å²) in [6, 6.07) is -1.03. The lowest BCUT2D eigenvalue weighted by Crippen LogP contribution is -2.51. The third kappa shape index (κ3) is 6.26. The zero-order chi connectivity index (χ0) is 13.4. The average molecular weight is 243 g/mol. The Labute approximate surface area is 104 Å². The van der Waals surface area contributed by atoms with E-state index in [2.05, 4.69) is 10.6 Å².